The highest BCUT2D eigenvalue weighted by atomic mass is 16.6. The van der Waals surface area contributed by atoms with E-state index in [9.17, 15) is 14.9 Å². The molecular weight excluding hydrogens is 270 g/mol. The number of hydrogen-bond acceptors (Lipinski definition) is 4. The summed E-state index contributed by atoms with van der Waals surface area (Å²) in [5.41, 5.74) is 5.68. The molecule has 1 aliphatic rings. The first-order valence-corrected chi connectivity index (χ1v) is 7.25. The molecule has 6 nitrogen and oxygen atoms in total. The van der Waals surface area contributed by atoms with Gasteiger partial charge in [-0.05, 0) is 30.4 Å². The number of benzene rings is 1. The van der Waals surface area contributed by atoms with Crippen molar-refractivity contribution in [2.45, 2.75) is 39.2 Å². The Morgan fingerprint density at radius 1 is 1.38 bits per heavy atom. The number of nitro groups is 1. The van der Waals surface area contributed by atoms with Crippen molar-refractivity contribution < 1.29 is 9.72 Å². The van der Waals surface area contributed by atoms with Crippen LogP contribution in [0.5, 0.6) is 0 Å². The summed E-state index contributed by atoms with van der Waals surface area (Å²) in [5.74, 6) is 0.388. The molecule has 0 unspecified atom stereocenters. The number of primary amides is 1. The number of nitrogens with zero attached hydrogens (tertiary/aromatic N) is 1. The number of amides is 1. The van der Waals surface area contributed by atoms with Crippen LogP contribution in [0.2, 0.25) is 0 Å². The second-order valence-corrected chi connectivity index (χ2v) is 5.87. The fraction of sp³-hybridized carbons (Fsp3) is 0.533. The van der Waals surface area contributed by atoms with Crippen LogP contribution in [0.4, 0.5) is 11.4 Å². The lowest BCUT2D eigenvalue weighted by Gasteiger charge is -2.35. The van der Waals surface area contributed by atoms with E-state index in [-0.39, 0.29) is 17.3 Å². The summed E-state index contributed by atoms with van der Waals surface area (Å²) >= 11 is 0. The standard InChI is InChI=1S/C15H21N3O3/c1-9-4-3-5-12(10(9)2)17-13-7-6-11(15(16)19)8-14(13)18(20)21/h6-10,12,17H,3-5H2,1-2H3,(H2,16,19)/t9-,10+,12+/m0/s1. The zero-order chi connectivity index (χ0) is 15.6. The van der Waals surface area contributed by atoms with Gasteiger partial charge in [0.15, 0.2) is 0 Å². The quantitative estimate of drug-likeness (QED) is 0.658. The van der Waals surface area contributed by atoms with Gasteiger partial charge in [0.25, 0.3) is 5.69 Å². The van der Waals surface area contributed by atoms with Gasteiger partial charge in [0.05, 0.1) is 4.92 Å². The van der Waals surface area contributed by atoms with Gasteiger partial charge < -0.3 is 11.1 Å². The van der Waals surface area contributed by atoms with Gasteiger partial charge in [0.1, 0.15) is 5.69 Å². The maximum absolute atomic E-state index is 11.2. The number of rotatable bonds is 4. The molecule has 0 bridgehead atoms. The molecule has 2 rings (SSSR count). The van der Waals surface area contributed by atoms with E-state index in [1.54, 1.807) is 6.07 Å². The lowest BCUT2D eigenvalue weighted by atomic mass is 9.78. The van der Waals surface area contributed by atoms with Crippen LogP contribution in [0.25, 0.3) is 0 Å². The predicted molar refractivity (Wildman–Crippen MR) is 81.2 cm³/mol. The minimum atomic E-state index is -0.663. The number of nitrogens with two attached hydrogens (primary N) is 1. The molecule has 1 amide bonds. The van der Waals surface area contributed by atoms with Crippen LogP contribution in [-0.4, -0.2) is 16.9 Å². The highest BCUT2D eigenvalue weighted by molar-refractivity contribution is 5.94. The summed E-state index contributed by atoms with van der Waals surface area (Å²) in [5, 5.41) is 14.5. The summed E-state index contributed by atoms with van der Waals surface area (Å²) in [6.07, 6.45) is 3.32. The van der Waals surface area contributed by atoms with Crippen LogP contribution < -0.4 is 11.1 Å². The number of carbonyl (C=O) groups is 1. The monoisotopic (exact) mass is 291 g/mol. The van der Waals surface area contributed by atoms with E-state index < -0.39 is 10.8 Å². The van der Waals surface area contributed by atoms with Gasteiger partial charge >= 0.3 is 0 Å². The molecule has 0 aliphatic heterocycles. The van der Waals surface area contributed by atoms with Crippen LogP contribution in [0, 0.1) is 22.0 Å². The van der Waals surface area contributed by atoms with Crippen LogP contribution >= 0.6 is 0 Å². The van der Waals surface area contributed by atoms with Gasteiger partial charge in [-0.25, -0.2) is 0 Å². The summed E-state index contributed by atoms with van der Waals surface area (Å²) in [7, 11) is 0. The molecule has 1 saturated carbocycles. The smallest absolute Gasteiger partial charge is 0.293 e. The molecule has 1 aromatic rings. The molecule has 1 aliphatic carbocycles. The van der Waals surface area contributed by atoms with Crippen LogP contribution in [-0.2, 0) is 0 Å². The van der Waals surface area contributed by atoms with Gasteiger partial charge in [-0.1, -0.05) is 26.7 Å². The summed E-state index contributed by atoms with van der Waals surface area (Å²) in [6.45, 7) is 4.38. The van der Waals surface area contributed by atoms with Crippen LogP contribution in [0.1, 0.15) is 43.5 Å². The maximum Gasteiger partial charge on any atom is 0.293 e. The van der Waals surface area contributed by atoms with Gasteiger partial charge in [-0.3, -0.25) is 14.9 Å². The molecule has 6 heteroatoms. The van der Waals surface area contributed by atoms with Crippen molar-refractivity contribution in [3.63, 3.8) is 0 Å². The molecule has 0 radical (unpaired) electrons. The molecule has 0 heterocycles. The van der Waals surface area contributed by atoms with Gasteiger partial charge in [-0.2, -0.15) is 0 Å². The van der Waals surface area contributed by atoms with E-state index >= 15 is 0 Å². The molecule has 0 saturated heterocycles. The average molecular weight is 291 g/mol. The zero-order valence-corrected chi connectivity index (χ0v) is 12.3. The van der Waals surface area contributed by atoms with Crippen molar-refractivity contribution in [1.29, 1.82) is 0 Å². The maximum atomic E-state index is 11.2. The first kappa shape index (κ1) is 15.3. The van der Waals surface area contributed by atoms with E-state index in [0.717, 1.165) is 12.8 Å². The minimum absolute atomic E-state index is 0.100. The van der Waals surface area contributed by atoms with E-state index in [4.69, 9.17) is 5.73 Å². The fourth-order valence-corrected chi connectivity index (χ4v) is 2.94. The Morgan fingerprint density at radius 3 is 2.71 bits per heavy atom. The molecule has 0 aromatic heterocycles. The average Bonchev–Trinajstić information content (AvgIpc) is 2.43. The molecule has 114 valence electrons. The minimum Gasteiger partial charge on any atom is -0.376 e. The van der Waals surface area contributed by atoms with Crippen molar-refractivity contribution in [2.75, 3.05) is 5.32 Å². The first-order chi connectivity index (χ1) is 9.90. The largest absolute Gasteiger partial charge is 0.376 e. The molecule has 0 spiro atoms. The topological polar surface area (TPSA) is 98.3 Å². The predicted octanol–water partition coefficient (Wildman–Crippen LogP) is 2.93. The molecule has 3 N–H and O–H groups in total. The number of nitrogens with one attached hydrogen (secondary N) is 1. The van der Waals surface area contributed by atoms with Gasteiger partial charge in [0, 0.05) is 17.7 Å². The summed E-state index contributed by atoms with van der Waals surface area (Å²) < 4.78 is 0. The Balaban J connectivity index is 2.27. The second kappa shape index (κ2) is 6.11. The molecule has 1 aromatic carbocycles. The Bertz CT molecular complexity index is 559. The van der Waals surface area contributed by atoms with Crippen LogP contribution in [0.3, 0.4) is 0 Å². The Hall–Kier alpha value is -2.11. The highest BCUT2D eigenvalue weighted by Crippen LogP contribution is 2.34. The summed E-state index contributed by atoms with van der Waals surface area (Å²) in [6, 6.07) is 4.55. The van der Waals surface area contributed by atoms with Gasteiger partial charge in [0.2, 0.25) is 5.91 Å². The third-order valence-electron chi connectivity index (χ3n) is 4.53. The second-order valence-electron chi connectivity index (χ2n) is 5.87. The van der Waals surface area contributed by atoms with E-state index in [1.807, 2.05) is 0 Å². The van der Waals surface area contributed by atoms with E-state index in [2.05, 4.69) is 19.2 Å². The van der Waals surface area contributed by atoms with Crippen molar-refractivity contribution in [2.24, 2.45) is 17.6 Å². The normalized spacial score (nSPS) is 25.3. The van der Waals surface area contributed by atoms with E-state index in [1.165, 1.54) is 18.6 Å². The van der Waals surface area contributed by atoms with Crippen molar-refractivity contribution >= 4 is 17.3 Å². The third kappa shape index (κ3) is 3.32. The fourth-order valence-electron chi connectivity index (χ4n) is 2.94. The zero-order valence-electron chi connectivity index (χ0n) is 12.3. The van der Waals surface area contributed by atoms with Crippen molar-refractivity contribution in [3.8, 4) is 0 Å². The SMILES string of the molecule is C[C@@H]1[C@@H](C)CCC[C@H]1Nc1ccc(C(N)=O)cc1[N+](=O)[O-]. The molecular formula is C15H21N3O3. The van der Waals surface area contributed by atoms with Crippen molar-refractivity contribution in [3.05, 3.63) is 33.9 Å². The molecule has 3 atom stereocenters. The molecule has 21 heavy (non-hydrogen) atoms. The van der Waals surface area contributed by atoms with Crippen LogP contribution in [0.15, 0.2) is 18.2 Å². The summed E-state index contributed by atoms with van der Waals surface area (Å²) in [4.78, 5) is 21.9. The molecule has 1 fully saturated rings. The van der Waals surface area contributed by atoms with Gasteiger partial charge in [-0.15, -0.1) is 0 Å². The number of carbonyl (C=O) groups excluding carboxylic acids is 1. The highest BCUT2D eigenvalue weighted by Gasteiger charge is 2.28. The van der Waals surface area contributed by atoms with E-state index in [0.29, 0.717) is 17.5 Å². The Morgan fingerprint density at radius 2 is 2.10 bits per heavy atom. The number of hydrogen-bond donors (Lipinski definition) is 2. The lowest BCUT2D eigenvalue weighted by molar-refractivity contribution is -0.384. The lowest BCUT2D eigenvalue weighted by Crippen LogP contribution is -2.35. The Kier molecular flexibility index (Phi) is 4.45. The number of anilines is 1. The first-order valence-electron chi connectivity index (χ1n) is 7.25. The third-order valence-corrected chi connectivity index (χ3v) is 4.53. The van der Waals surface area contributed by atoms with Crippen molar-refractivity contribution in [1.82, 2.24) is 0 Å². The Labute approximate surface area is 123 Å². The number of nitro benzene ring substituents is 1.